The summed E-state index contributed by atoms with van der Waals surface area (Å²) in [7, 11) is 0. The minimum absolute atomic E-state index is 0.276. The zero-order valence-corrected chi connectivity index (χ0v) is 11.3. The molecule has 2 rings (SSSR count). The Morgan fingerprint density at radius 1 is 1.44 bits per heavy atom. The molecule has 1 aliphatic rings. The molecule has 0 radical (unpaired) electrons. The Bertz CT molecular complexity index is 453. The predicted molar refractivity (Wildman–Crippen MR) is 73.5 cm³/mol. The first-order valence-corrected chi connectivity index (χ1v) is 6.65. The maximum absolute atomic E-state index is 11.1. The van der Waals surface area contributed by atoms with Crippen molar-refractivity contribution in [3.8, 4) is 0 Å². The highest BCUT2D eigenvalue weighted by atomic mass is 35.5. The Balaban J connectivity index is 2.12. The van der Waals surface area contributed by atoms with Crippen LogP contribution >= 0.6 is 11.6 Å². The lowest BCUT2D eigenvalue weighted by Gasteiger charge is -2.25. The van der Waals surface area contributed by atoms with Gasteiger partial charge in [-0.3, -0.25) is 0 Å². The van der Waals surface area contributed by atoms with E-state index in [2.05, 4.69) is 12.2 Å². The summed E-state index contributed by atoms with van der Waals surface area (Å²) in [4.78, 5) is 11.1. The number of halogens is 1. The molecule has 0 saturated heterocycles. The van der Waals surface area contributed by atoms with Crippen LogP contribution in [0, 0.1) is 5.41 Å². The first-order chi connectivity index (χ1) is 8.50. The van der Waals surface area contributed by atoms with Crippen molar-refractivity contribution in [1.82, 2.24) is 0 Å². The van der Waals surface area contributed by atoms with Gasteiger partial charge < -0.3 is 10.4 Å². The molecule has 0 atom stereocenters. The first-order valence-electron chi connectivity index (χ1n) is 6.27. The highest BCUT2D eigenvalue weighted by Gasteiger charge is 2.28. The number of nitrogens with one attached hydrogen (secondary N) is 1. The van der Waals surface area contributed by atoms with Crippen LogP contribution in [-0.4, -0.2) is 17.6 Å². The smallest absolute Gasteiger partial charge is 0.337 e. The van der Waals surface area contributed by atoms with Crippen molar-refractivity contribution in [1.29, 1.82) is 0 Å². The predicted octanol–water partition coefficient (Wildman–Crippen LogP) is 4.03. The third-order valence-corrected chi connectivity index (χ3v) is 3.96. The molecule has 1 aromatic rings. The molecular formula is C14H18ClNO2. The largest absolute Gasteiger partial charge is 0.478 e. The van der Waals surface area contributed by atoms with Crippen LogP contribution in [0.2, 0.25) is 5.02 Å². The zero-order chi connectivity index (χ0) is 13.2. The normalized spacial score (nSPS) is 17.7. The quantitative estimate of drug-likeness (QED) is 0.866. The molecule has 0 bridgehead atoms. The van der Waals surface area contributed by atoms with Crippen molar-refractivity contribution in [2.24, 2.45) is 5.41 Å². The Morgan fingerprint density at radius 3 is 2.72 bits per heavy atom. The summed E-state index contributed by atoms with van der Waals surface area (Å²) in [5, 5.41) is 12.9. The van der Waals surface area contributed by atoms with Crippen LogP contribution in [0.1, 0.15) is 43.0 Å². The molecule has 18 heavy (non-hydrogen) atoms. The molecule has 0 heterocycles. The van der Waals surface area contributed by atoms with Gasteiger partial charge in [-0.2, -0.15) is 0 Å². The fourth-order valence-corrected chi connectivity index (χ4v) is 2.74. The lowest BCUT2D eigenvalue weighted by atomic mass is 9.89. The number of rotatable bonds is 4. The van der Waals surface area contributed by atoms with Crippen molar-refractivity contribution in [2.45, 2.75) is 32.6 Å². The van der Waals surface area contributed by atoms with E-state index in [1.807, 2.05) is 0 Å². The lowest BCUT2D eigenvalue weighted by Crippen LogP contribution is -2.23. The topological polar surface area (TPSA) is 49.3 Å². The summed E-state index contributed by atoms with van der Waals surface area (Å²) in [6.45, 7) is 3.05. The van der Waals surface area contributed by atoms with E-state index in [0.29, 0.717) is 10.7 Å². The number of aromatic carboxylic acids is 1. The van der Waals surface area contributed by atoms with Gasteiger partial charge in [0.2, 0.25) is 0 Å². The molecule has 0 aliphatic heterocycles. The van der Waals surface area contributed by atoms with E-state index in [1.165, 1.54) is 25.7 Å². The molecule has 0 spiro atoms. The number of carbonyl (C=O) groups is 1. The minimum Gasteiger partial charge on any atom is -0.478 e. The number of hydrogen-bond donors (Lipinski definition) is 2. The summed E-state index contributed by atoms with van der Waals surface area (Å²) in [6.07, 6.45) is 4.92. The Morgan fingerprint density at radius 2 is 2.11 bits per heavy atom. The average Bonchev–Trinajstić information content (AvgIpc) is 2.74. The number of carboxylic acids is 1. The fraction of sp³-hybridized carbons (Fsp3) is 0.500. The van der Waals surface area contributed by atoms with Crippen LogP contribution in [0.5, 0.6) is 0 Å². The Kier molecular flexibility index (Phi) is 3.81. The van der Waals surface area contributed by atoms with Gasteiger partial charge in [0.25, 0.3) is 0 Å². The van der Waals surface area contributed by atoms with Gasteiger partial charge in [0.15, 0.2) is 0 Å². The van der Waals surface area contributed by atoms with Crippen molar-refractivity contribution in [2.75, 3.05) is 11.9 Å². The van der Waals surface area contributed by atoms with Crippen LogP contribution in [0.15, 0.2) is 18.2 Å². The molecule has 0 amide bonds. The van der Waals surface area contributed by atoms with E-state index in [0.717, 1.165) is 6.54 Å². The maximum Gasteiger partial charge on any atom is 0.337 e. The molecule has 4 heteroatoms. The van der Waals surface area contributed by atoms with E-state index in [1.54, 1.807) is 18.2 Å². The SMILES string of the molecule is CC1(CNc2cc(Cl)ccc2C(=O)O)CCCC1. The standard InChI is InChI=1S/C14H18ClNO2/c1-14(6-2-3-7-14)9-16-12-8-10(15)4-5-11(12)13(17)18/h4-5,8,16H,2-3,6-7,9H2,1H3,(H,17,18). The lowest BCUT2D eigenvalue weighted by molar-refractivity contribution is 0.0698. The van der Waals surface area contributed by atoms with E-state index in [-0.39, 0.29) is 11.0 Å². The summed E-state index contributed by atoms with van der Waals surface area (Å²) in [6, 6.07) is 4.83. The fourth-order valence-electron chi connectivity index (χ4n) is 2.56. The second-order valence-electron chi connectivity index (χ2n) is 5.37. The van der Waals surface area contributed by atoms with Gasteiger partial charge >= 0.3 is 5.97 Å². The van der Waals surface area contributed by atoms with Gasteiger partial charge in [0.1, 0.15) is 0 Å². The highest BCUT2D eigenvalue weighted by molar-refractivity contribution is 6.31. The molecule has 1 saturated carbocycles. The molecule has 2 N–H and O–H groups in total. The summed E-state index contributed by atoms with van der Waals surface area (Å²) < 4.78 is 0. The highest BCUT2D eigenvalue weighted by Crippen LogP contribution is 2.37. The van der Waals surface area contributed by atoms with Gasteiger partial charge in [-0.25, -0.2) is 4.79 Å². The molecular weight excluding hydrogens is 250 g/mol. The molecule has 0 aromatic heterocycles. The molecule has 3 nitrogen and oxygen atoms in total. The third-order valence-electron chi connectivity index (χ3n) is 3.73. The Labute approximate surface area is 112 Å². The number of hydrogen-bond acceptors (Lipinski definition) is 2. The van der Waals surface area contributed by atoms with E-state index in [4.69, 9.17) is 16.7 Å². The number of anilines is 1. The first kappa shape index (κ1) is 13.2. The average molecular weight is 268 g/mol. The Hall–Kier alpha value is -1.22. The van der Waals surface area contributed by atoms with Crippen LogP contribution in [0.4, 0.5) is 5.69 Å². The van der Waals surface area contributed by atoms with E-state index >= 15 is 0 Å². The van der Waals surface area contributed by atoms with Crippen molar-refractivity contribution in [3.05, 3.63) is 28.8 Å². The number of benzene rings is 1. The van der Waals surface area contributed by atoms with Gasteiger partial charge in [0, 0.05) is 11.6 Å². The minimum atomic E-state index is -0.925. The second kappa shape index (κ2) is 5.19. The summed E-state index contributed by atoms with van der Waals surface area (Å²) in [5.41, 5.74) is 1.17. The second-order valence-corrected chi connectivity index (χ2v) is 5.80. The van der Waals surface area contributed by atoms with Gasteiger partial charge in [-0.1, -0.05) is 31.4 Å². The van der Waals surface area contributed by atoms with E-state index < -0.39 is 5.97 Å². The molecule has 1 fully saturated rings. The van der Waals surface area contributed by atoms with Crippen LogP contribution in [0.25, 0.3) is 0 Å². The molecule has 1 aromatic carbocycles. The summed E-state index contributed by atoms with van der Waals surface area (Å²) in [5.74, 6) is -0.925. The number of carboxylic acid groups (broad SMARTS) is 1. The van der Waals surface area contributed by atoms with Crippen LogP contribution < -0.4 is 5.32 Å². The maximum atomic E-state index is 11.1. The summed E-state index contributed by atoms with van der Waals surface area (Å²) >= 11 is 5.92. The zero-order valence-electron chi connectivity index (χ0n) is 10.5. The van der Waals surface area contributed by atoms with Crippen molar-refractivity contribution in [3.63, 3.8) is 0 Å². The van der Waals surface area contributed by atoms with E-state index in [9.17, 15) is 4.79 Å². The van der Waals surface area contributed by atoms with Gasteiger partial charge in [-0.05, 0) is 36.5 Å². The third kappa shape index (κ3) is 2.96. The van der Waals surface area contributed by atoms with Crippen LogP contribution in [-0.2, 0) is 0 Å². The molecule has 0 unspecified atom stereocenters. The molecule has 1 aliphatic carbocycles. The van der Waals surface area contributed by atoms with Crippen molar-refractivity contribution >= 4 is 23.3 Å². The van der Waals surface area contributed by atoms with Gasteiger partial charge in [0.05, 0.1) is 11.3 Å². The van der Waals surface area contributed by atoms with Gasteiger partial charge in [-0.15, -0.1) is 0 Å². The monoisotopic (exact) mass is 267 g/mol. The van der Waals surface area contributed by atoms with Crippen LogP contribution in [0.3, 0.4) is 0 Å². The van der Waals surface area contributed by atoms with Crippen molar-refractivity contribution < 1.29 is 9.90 Å². The molecule has 98 valence electrons.